The molecule has 0 spiro atoms. The van der Waals surface area contributed by atoms with E-state index in [-0.39, 0.29) is 5.69 Å². The number of nitrogens with zero attached hydrogens (tertiary/aromatic N) is 4. The molecule has 88 valence electrons. The monoisotopic (exact) mass is 240 g/mol. The third-order valence-electron chi connectivity index (χ3n) is 2.52. The number of aromatic carboxylic acids is 1. The van der Waals surface area contributed by atoms with Crippen LogP contribution in [0.1, 0.15) is 10.5 Å². The van der Waals surface area contributed by atoms with Crippen molar-refractivity contribution in [3.63, 3.8) is 0 Å². The Hall–Kier alpha value is -2.76. The van der Waals surface area contributed by atoms with E-state index in [0.29, 0.717) is 16.9 Å². The van der Waals surface area contributed by atoms with E-state index in [1.165, 1.54) is 4.52 Å². The van der Waals surface area contributed by atoms with Crippen LogP contribution in [0.15, 0.2) is 42.9 Å². The summed E-state index contributed by atoms with van der Waals surface area (Å²) in [6.45, 7) is 0. The van der Waals surface area contributed by atoms with Crippen molar-refractivity contribution >= 4 is 11.6 Å². The van der Waals surface area contributed by atoms with Crippen molar-refractivity contribution < 1.29 is 9.90 Å². The zero-order chi connectivity index (χ0) is 12.5. The number of hydrogen-bond acceptors (Lipinski definition) is 4. The normalized spacial score (nSPS) is 10.7. The summed E-state index contributed by atoms with van der Waals surface area (Å²) in [6, 6.07) is 6.98. The number of carbonyl (C=O) groups is 1. The van der Waals surface area contributed by atoms with E-state index in [0.717, 1.165) is 0 Å². The van der Waals surface area contributed by atoms with Crippen molar-refractivity contribution in [3.8, 4) is 11.3 Å². The SMILES string of the molecule is O=C(O)c1nn2cccnc2c1-c1ccccn1. The summed E-state index contributed by atoms with van der Waals surface area (Å²) in [7, 11) is 0. The Bertz CT molecular complexity index is 721. The molecule has 0 aliphatic carbocycles. The van der Waals surface area contributed by atoms with Crippen molar-refractivity contribution in [2.24, 2.45) is 0 Å². The average molecular weight is 240 g/mol. The minimum Gasteiger partial charge on any atom is -0.476 e. The van der Waals surface area contributed by atoms with Gasteiger partial charge in [-0.05, 0) is 18.2 Å². The van der Waals surface area contributed by atoms with Gasteiger partial charge in [-0.1, -0.05) is 6.07 Å². The number of fused-ring (bicyclic) bond motifs is 1. The Morgan fingerprint density at radius 1 is 1.17 bits per heavy atom. The number of carboxylic acids is 1. The minimum atomic E-state index is -1.10. The van der Waals surface area contributed by atoms with Crippen molar-refractivity contribution in [3.05, 3.63) is 48.5 Å². The molecular weight excluding hydrogens is 232 g/mol. The zero-order valence-corrected chi connectivity index (χ0v) is 9.19. The Balaban J connectivity index is 2.38. The molecule has 3 aromatic heterocycles. The molecule has 0 fully saturated rings. The van der Waals surface area contributed by atoms with Gasteiger partial charge in [-0.15, -0.1) is 0 Å². The third-order valence-corrected chi connectivity index (χ3v) is 2.52. The molecule has 0 atom stereocenters. The van der Waals surface area contributed by atoms with Gasteiger partial charge in [0.25, 0.3) is 0 Å². The Kier molecular flexibility index (Phi) is 2.26. The number of hydrogen-bond donors (Lipinski definition) is 1. The van der Waals surface area contributed by atoms with Gasteiger partial charge in [0.15, 0.2) is 11.3 Å². The Morgan fingerprint density at radius 2 is 2.00 bits per heavy atom. The largest absolute Gasteiger partial charge is 0.476 e. The number of aromatic nitrogens is 4. The lowest BCUT2D eigenvalue weighted by molar-refractivity contribution is 0.0691. The highest BCUT2D eigenvalue weighted by molar-refractivity contribution is 5.97. The molecule has 0 aliphatic heterocycles. The van der Waals surface area contributed by atoms with Crippen LogP contribution in [0.2, 0.25) is 0 Å². The molecule has 0 unspecified atom stereocenters. The first-order chi connectivity index (χ1) is 8.77. The molecular formula is C12H8N4O2. The topological polar surface area (TPSA) is 80.4 Å². The molecule has 3 rings (SSSR count). The third kappa shape index (κ3) is 1.51. The molecule has 0 aliphatic rings. The summed E-state index contributed by atoms with van der Waals surface area (Å²) in [4.78, 5) is 19.5. The predicted molar refractivity (Wildman–Crippen MR) is 63.2 cm³/mol. The molecule has 0 amide bonds. The van der Waals surface area contributed by atoms with Gasteiger partial charge in [-0.2, -0.15) is 5.10 Å². The van der Waals surface area contributed by atoms with E-state index in [2.05, 4.69) is 15.1 Å². The van der Waals surface area contributed by atoms with Gasteiger partial charge in [-0.3, -0.25) is 4.98 Å². The standard InChI is InChI=1S/C12H8N4O2/c17-12(18)10-9(8-4-1-2-5-13-8)11-14-6-3-7-16(11)15-10/h1-7H,(H,17,18). The van der Waals surface area contributed by atoms with Crippen LogP contribution in [0.5, 0.6) is 0 Å². The number of carboxylic acid groups (broad SMARTS) is 1. The first-order valence-electron chi connectivity index (χ1n) is 5.25. The second-order valence-corrected chi connectivity index (χ2v) is 3.63. The summed E-state index contributed by atoms with van der Waals surface area (Å²) in [5, 5.41) is 13.2. The molecule has 3 heterocycles. The maximum atomic E-state index is 11.2. The first-order valence-corrected chi connectivity index (χ1v) is 5.25. The molecule has 0 radical (unpaired) electrons. The van der Waals surface area contributed by atoms with Gasteiger partial charge < -0.3 is 5.11 Å². The van der Waals surface area contributed by atoms with Crippen LogP contribution < -0.4 is 0 Å². The molecule has 0 saturated heterocycles. The predicted octanol–water partition coefficient (Wildman–Crippen LogP) is 1.49. The van der Waals surface area contributed by atoms with Gasteiger partial charge in [0.2, 0.25) is 0 Å². The maximum absolute atomic E-state index is 11.2. The lowest BCUT2D eigenvalue weighted by Crippen LogP contribution is -2.00. The first kappa shape index (κ1) is 10.4. The van der Waals surface area contributed by atoms with Crippen LogP contribution in [0.3, 0.4) is 0 Å². The summed E-state index contributed by atoms with van der Waals surface area (Å²) in [5.41, 5.74) is 1.41. The molecule has 6 heteroatoms. The lowest BCUT2D eigenvalue weighted by atomic mass is 10.1. The lowest BCUT2D eigenvalue weighted by Gasteiger charge is -1.98. The molecule has 1 N–H and O–H groups in total. The van der Waals surface area contributed by atoms with E-state index in [9.17, 15) is 9.90 Å². The van der Waals surface area contributed by atoms with Crippen molar-refractivity contribution in [1.29, 1.82) is 0 Å². The van der Waals surface area contributed by atoms with Crippen molar-refractivity contribution in [1.82, 2.24) is 19.6 Å². The van der Waals surface area contributed by atoms with Gasteiger partial charge >= 0.3 is 5.97 Å². The highest BCUT2D eigenvalue weighted by Crippen LogP contribution is 2.25. The van der Waals surface area contributed by atoms with Crippen LogP contribution in [-0.2, 0) is 0 Å². The maximum Gasteiger partial charge on any atom is 0.357 e. The van der Waals surface area contributed by atoms with Gasteiger partial charge in [0, 0.05) is 18.6 Å². The highest BCUT2D eigenvalue weighted by atomic mass is 16.4. The molecule has 3 aromatic rings. The van der Waals surface area contributed by atoms with Crippen molar-refractivity contribution in [2.45, 2.75) is 0 Å². The van der Waals surface area contributed by atoms with Crippen LogP contribution in [0.4, 0.5) is 0 Å². The molecule has 6 nitrogen and oxygen atoms in total. The molecule has 0 aromatic carbocycles. The fourth-order valence-corrected chi connectivity index (χ4v) is 1.78. The summed E-state index contributed by atoms with van der Waals surface area (Å²) in [5.74, 6) is -1.10. The van der Waals surface area contributed by atoms with E-state index in [1.54, 1.807) is 42.9 Å². The molecule has 0 bridgehead atoms. The second kappa shape index (κ2) is 3.92. The van der Waals surface area contributed by atoms with Crippen molar-refractivity contribution in [2.75, 3.05) is 0 Å². The van der Waals surface area contributed by atoms with Crippen LogP contribution in [0, 0.1) is 0 Å². The van der Waals surface area contributed by atoms with Gasteiger partial charge in [-0.25, -0.2) is 14.3 Å². The van der Waals surface area contributed by atoms with E-state index in [4.69, 9.17) is 0 Å². The zero-order valence-electron chi connectivity index (χ0n) is 9.19. The summed E-state index contributed by atoms with van der Waals surface area (Å²) < 4.78 is 1.44. The van der Waals surface area contributed by atoms with E-state index >= 15 is 0 Å². The van der Waals surface area contributed by atoms with E-state index < -0.39 is 5.97 Å². The quantitative estimate of drug-likeness (QED) is 0.734. The molecule has 18 heavy (non-hydrogen) atoms. The van der Waals surface area contributed by atoms with Crippen LogP contribution in [0.25, 0.3) is 16.9 Å². The van der Waals surface area contributed by atoms with Gasteiger partial charge in [0.1, 0.15) is 0 Å². The van der Waals surface area contributed by atoms with Gasteiger partial charge in [0.05, 0.1) is 11.3 Å². The fraction of sp³-hybridized carbons (Fsp3) is 0. The van der Waals surface area contributed by atoms with E-state index in [1.807, 2.05) is 0 Å². The summed E-state index contributed by atoms with van der Waals surface area (Å²) >= 11 is 0. The fourth-order valence-electron chi connectivity index (χ4n) is 1.78. The average Bonchev–Trinajstić information content (AvgIpc) is 2.79. The highest BCUT2D eigenvalue weighted by Gasteiger charge is 2.21. The van der Waals surface area contributed by atoms with Crippen LogP contribution in [-0.4, -0.2) is 30.7 Å². The van der Waals surface area contributed by atoms with Crippen LogP contribution >= 0.6 is 0 Å². The minimum absolute atomic E-state index is 0.0487. The second-order valence-electron chi connectivity index (χ2n) is 3.63. The number of pyridine rings is 1. The Labute approximate surface area is 102 Å². The Morgan fingerprint density at radius 3 is 2.72 bits per heavy atom. The smallest absolute Gasteiger partial charge is 0.357 e. The number of rotatable bonds is 2. The summed E-state index contributed by atoms with van der Waals surface area (Å²) in [6.07, 6.45) is 4.85. The molecule has 0 saturated carbocycles.